The summed E-state index contributed by atoms with van der Waals surface area (Å²) in [5, 5.41) is 5.08. The van der Waals surface area contributed by atoms with Gasteiger partial charge in [0.2, 0.25) is 0 Å². The van der Waals surface area contributed by atoms with Crippen LogP contribution in [0.1, 0.15) is 30.5 Å². The molecule has 0 atom stereocenters. The second-order valence-electron chi connectivity index (χ2n) is 7.76. The predicted octanol–water partition coefficient (Wildman–Crippen LogP) is 4.06. The number of nitrogens with one attached hydrogen (secondary N) is 2. The fraction of sp³-hybridized carbons (Fsp3) is 0.360. The topological polar surface area (TPSA) is 51.4 Å². The van der Waals surface area contributed by atoms with Gasteiger partial charge in [-0.25, -0.2) is 0 Å². The molecule has 1 heterocycles. The number of aromatic amines is 1. The first-order valence-corrected chi connectivity index (χ1v) is 11.3. The standard InChI is InChI=1S/C25H32N4OS/c1-4-28(5-2)14-15-29(25(31)26-17-20-11-7-6-8-12-20)18-22-16-21-13-9-10-19(3)23(21)27-24(22)30/h6-13,16H,4-5,14-15,17-18H2,1-3H3,(H,26,31)(H,27,30). The molecule has 0 saturated heterocycles. The van der Waals surface area contributed by atoms with E-state index in [0.29, 0.717) is 18.2 Å². The molecule has 0 fully saturated rings. The zero-order valence-corrected chi connectivity index (χ0v) is 19.5. The molecule has 0 unspecified atom stereocenters. The maximum atomic E-state index is 12.8. The lowest BCUT2D eigenvalue weighted by Crippen LogP contribution is -2.44. The second kappa shape index (κ2) is 11.1. The van der Waals surface area contributed by atoms with Crippen molar-refractivity contribution < 1.29 is 0 Å². The molecule has 6 heteroatoms. The third kappa shape index (κ3) is 6.15. The summed E-state index contributed by atoms with van der Waals surface area (Å²) < 4.78 is 0. The summed E-state index contributed by atoms with van der Waals surface area (Å²) >= 11 is 5.74. The van der Waals surface area contributed by atoms with E-state index in [1.807, 2.05) is 49.4 Å². The number of likely N-dealkylation sites (N-methyl/N-ethyl adjacent to an activating group) is 1. The number of hydrogen-bond donors (Lipinski definition) is 2. The van der Waals surface area contributed by atoms with Crippen LogP contribution < -0.4 is 10.9 Å². The van der Waals surface area contributed by atoms with Gasteiger partial charge in [-0.15, -0.1) is 0 Å². The zero-order valence-electron chi connectivity index (χ0n) is 18.6. The molecule has 3 aromatic rings. The van der Waals surface area contributed by atoms with Gasteiger partial charge in [0.15, 0.2) is 5.11 Å². The Kier molecular flexibility index (Phi) is 8.20. The minimum Gasteiger partial charge on any atom is -0.358 e. The Hall–Kier alpha value is -2.70. The Morgan fingerprint density at radius 1 is 1.03 bits per heavy atom. The molecule has 0 amide bonds. The van der Waals surface area contributed by atoms with Crippen molar-refractivity contribution in [2.24, 2.45) is 0 Å². The van der Waals surface area contributed by atoms with Gasteiger partial charge in [0.25, 0.3) is 5.56 Å². The van der Waals surface area contributed by atoms with E-state index in [-0.39, 0.29) is 5.56 Å². The summed E-state index contributed by atoms with van der Waals surface area (Å²) in [6.45, 7) is 11.1. The highest BCUT2D eigenvalue weighted by Crippen LogP contribution is 2.16. The number of rotatable bonds is 9. The molecule has 0 aliphatic rings. The van der Waals surface area contributed by atoms with Gasteiger partial charge in [0.1, 0.15) is 0 Å². The molecule has 0 spiro atoms. The number of H-pyrrole nitrogens is 1. The first kappa shape index (κ1) is 23.0. The van der Waals surface area contributed by atoms with E-state index in [9.17, 15) is 4.79 Å². The molecule has 0 saturated carbocycles. The smallest absolute Gasteiger partial charge is 0.253 e. The fourth-order valence-electron chi connectivity index (χ4n) is 3.69. The average Bonchev–Trinajstić information content (AvgIpc) is 2.79. The van der Waals surface area contributed by atoms with Crippen LogP contribution in [0.25, 0.3) is 10.9 Å². The van der Waals surface area contributed by atoms with Crippen LogP contribution in [0.4, 0.5) is 0 Å². The Bertz CT molecular complexity index is 1060. The van der Waals surface area contributed by atoms with E-state index in [1.54, 1.807) is 0 Å². The van der Waals surface area contributed by atoms with E-state index < -0.39 is 0 Å². The van der Waals surface area contributed by atoms with E-state index >= 15 is 0 Å². The van der Waals surface area contributed by atoms with Crippen molar-refractivity contribution in [1.29, 1.82) is 0 Å². The number of hydrogen-bond acceptors (Lipinski definition) is 3. The quantitative estimate of drug-likeness (QED) is 0.496. The molecule has 0 radical (unpaired) electrons. The van der Waals surface area contributed by atoms with Gasteiger partial charge >= 0.3 is 0 Å². The maximum absolute atomic E-state index is 12.8. The van der Waals surface area contributed by atoms with Crippen LogP contribution in [0.5, 0.6) is 0 Å². The van der Waals surface area contributed by atoms with Crippen LogP contribution >= 0.6 is 12.2 Å². The number of para-hydroxylation sites is 1. The van der Waals surface area contributed by atoms with Crippen molar-refractivity contribution in [2.75, 3.05) is 26.2 Å². The molecule has 31 heavy (non-hydrogen) atoms. The number of aromatic nitrogens is 1. The van der Waals surface area contributed by atoms with Crippen molar-refractivity contribution in [3.63, 3.8) is 0 Å². The molecule has 0 bridgehead atoms. The molecule has 1 aromatic heterocycles. The van der Waals surface area contributed by atoms with Gasteiger partial charge in [-0.1, -0.05) is 62.4 Å². The van der Waals surface area contributed by atoms with Crippen LogP contribution in [0, 0.1) is 6.92 Å². The van der Waals surface area contributed by atoms with E-state index in [2.05, 4.69) is 46.1 Å². The van der Waals surface area contributed by atoms with Gasteiger partial charge in [0, 0.05) is 25.2 Å². The molecule has 0 aliphatic heterocycles. The molecule has 2 N–H and O–H groups in total. The minimum absolute atomic E-state index is 0.0551. The normalized spacial score (nSPS) is 11.1. The Balaban J connectivity index is 1.80. The molecular weight excluding hydrogens is 404 g/mol. The van der Waals surface area contributed by atoms with Gasteiger partial charge in [-0.05, 0) is 54.8 Å². The average molecular weight is 437 g/mol. The van der Waals surface area contributed by atoms with E-state index in [1.165, 1.54) is 5.56 Å². The molecule has 2 aromatic carbocycles. The lowest BCUT2D eigenvalue weighted by molar-refractivity contribution is 0.263. The summed E-state index contributed by atoms with van der Waals surface area (Å²) in [5.74, 6) is 0. The van der Waals surface area contributed by atoms with Crippen molar-refractivity contribution in [1.82, 2.24) is 20.1 Å². The van der Waals surface area contributed by atoms with Crippen LogP contribution in [-0.2, 0) is 13.1 Å². The summed E-state index contributed by atoms with van der Waals surface area (Å²) in [5.41, 5.74) is 3.81. The molecule has 164 valence electrons. The fourth-order valence-corrected chi connectivity index (χ4v) is 3.92. The largest absolute Gasteiger partial charge is 0.358 e. The van der Waals surface area contributed by atoms with Crippen molar-refractivity contribution in [3.8, 4) is 0 Å². The zero-order chi connectivity index (χ0) is 22.2. The van der Waals surface area contributed by atoms with E-state index in [4.69, 9.17) is 12.2 Å². The molecule has 5 nitrogen and oxygen atoms in total. The van der Waals surface area contributed by atoms with Gasteiger partial charge in [-0.2, -0.15) is 0 Å². The summed E-state index contributed by atoms with van der Waals surface area (Å²) in [6.07, 6.45) is 0. The first-order valence-electron chi connectivity index (χ1n) is 10.9. The van der Waals surface area contributed by atoms with Crippen LogP contribution in [0.2, 0.25) is 0 Å². The molecular formula is C25H32N4OS. The number of fused-ring (bicyclic) bond motifs is 1. The van der Waals surface area contributed by atoms with Crippen molar-refractivity contribution in [3.05, 3.63) is 81.6 Å². The minimum atomic E-state index is -0.0551. The number of thiocarbonyl (C=S) groups is 1. The number of benzene rings is 2. The lowest BCUT2D eigenvalue weighted by atomic mass is 10.1. The van der Waals surface area contributed by atoms with Crippen LogP contribution in [0.15, 0.2) is 59.4 Å². The van der Waals surface area contributed by atoms with Crippen LogP contribution in [-0.4, -0.2) is 46.1 Å². The number of aryl methyl sites for hydroxylation is 1. The van der Waals surface area contributed by atoms with Crippen LogP contribution in [0.3, 0.4) is 0 Å². The predicted molar refractivity (Wildman–Crippen MR) is 133 cm³/mol. The highest BCUT2D eigenvalue weighted by atomic mass is 32.1. The Morgan fingerprint density at radius 3 is 2.48 bits per heavy atom. The second-order valence-corrected chi connectivity index (χ2v) is 8.14. The summed E-state index contributed by atoms with van der Waals surface area (Å²) in [4.78, 5) is 20.3. The number of nitrogens with zero attached hydrogens (tertiary/aromatic N) is 2. The molecule has 0 aliphatic carbocycles. The monoisotopic (exact) mass is 436 g/mol. The van der Waals surface area contributed by atoms with Gasteiger partial charge in [-0.3, -0.25) is 4.79 Å². The SMILES string of the molecule is CCN(CC)CCN(Cc1cc2cccc(C)c2[nH]c1=O)C(=S)NCc1ccccc1. The highest BCUT2D eigenvalue weighted by Gasteiger charge is 2.15. The lowest BCUT2D eigenvalue weighted by Gasteiger charge is -2.29. The summed E-state index contributed by atoms with van der Waals surface area (Å²) in [6, 6.07) is 18.3. The van der Waals surface area contributed by atoms with Crippen molar-refractivity contribution in [2.45, 2.75) is 33.9 Å². The first-order chi connectivity index (χ1) is 15.0. The Morgan fingerprint density at radius 2 is 1.77 bits per heavy atom. The third-order valence-corrected chi connectivity index (χ3v) is 6.08. The summed E-state index contributed by atoms with van der Waals surface area (Å²) in [7, 11) is 0. The number of pyridine rings is 1. The van der Waals surface area contributed by atoms with E-state index in [0.717, 1.165) is 48.2 Å². The van der Waals surface area contributed by atoms with Crippen molar-refractivity contribution >= 4 is 28.2 Å². The molecule has 3 rings (SSSR count). The Labute approximate surface area is 190 Å². The highest BCUT2D eigenvalue weighted by molar-refractivity contribution is 7.80. The van der Waals surface area contributed by atoms with Gasteiger partial charge < -0.3 is 20.1 Å². The maximum Gasteiger partial charge on any atom is 0.253 e. The van der Waals surface area contributed by atoms with Gasteiger partial charge in [0.05, 0.1) is 12.1 Å². The third-order valence-electron chi connectivity index (χ3n) is 5.68.